The van der Waals surface area contributed by atoms with Gasteiger partial charge in [-0.2, -0.15) is 9.97 Å². The largest absolute Gasteiger partial charge is 0.508 e. The van der Waals surface area contributed by atoms with Crippen LogP contribution in [0.4, 0.5) is 11.6 Å². The van der Waals surface area contributed by atoms with Crippen LogP contribution < -0.4 is 5.32 Å². The Morgan fingerprint density at radius 1 is 0.600 bits per heavy atom. The highest BCUT2D eigenvalue weighted by molar-refractivity contribution is 5.95. The number of aromatic nitrogens is 3. The number of hydrogen-bond acceptors (Lipinski definition) is 5. The number of rotatable bonds is 4. The highest BCUT2D eigenvalue weighted by Crippen LogP contribution is 2.29. The lowest BCUT2D eigenvalue weighted by Gasteiger charge is -2.11. The maximum Gasteiger partial charge on any atom is 0.231 e. The zero-order valence-electron chi connectivity index (χ0n) is 16.0. The summed E-state index contributed by atoms with van der Waals surface area (Å²) in [6.45, 7) is 0. The number of nitrogens with one attached hydrogen (secondary N) is 1. The zero-order chi connectivity index (χ0) is 20.3. The molecular weight excluding hydrogens is 372 g/mol. The molecule has 0 saturated carbocycles. The highest BCUT2D eigenvalue weighted by Gasteiger charge is 2.11. The maximum atomic E-state index is 9.94. The fourth-order valence-electron chi connectivity index (χ4n) is 3.35. The summed E-state index contributed by atoms with van der Waals surface area (Å²) in [5.41, 5.74) is 2.64. The molecule has 2 N–H and O–H groups in total. The van der Waals surface area contributed by atoms with E-state index in [2.05, 4.69) is 20.3 Å². The second-order valence-corrected chi connectivity index (χ2v) is 6.87. The van der Waals surface area contributed by atoms with E-state index >= 15 is 0 Å². The van der Waals surface area contributed by atoms with Gasteiger partial charge in [0.05, 0.1) is 0 Å². The van der Waals surface area contributed by atoms with Crippen LogP contribution >= 0.6 is 0 Å². The summed E-state index contributed by atoms with van der Waals surface area (Å²) in [7, 11) is 0. The second kappa shape index (κ2) is 7.64. The van der Waals surface area contributed by atoms with Crippen LogP contribution in [-0.4, -0.2) is 20.1 Å². The Balaban J connectivity index is 1.64. The highest BCUT2D eigenvalue weighted by atomic mass is 16.3. The van der Waals surface area contributed by atoms with E-state index in [1.165, 1.54) is 0 Å². The van der Waals surface area contributed by atoms with Gasteiger partial charge in [-0.1, -0.05) is 78.9 Å². The van der Waals surface area contributed by atoms with E-state index in [0.717, 1.165) is 27.6 Å². The normalized spacial score (nSPS) is 10.8. The minimum atomic E-state index is 0.211. The summed E-state index contributed by atoms with van der Waals surface area (Å²) >= 11 is 0. The van der Waals surface area contributed by atoms with Crippen LogP contribution in [0.3, 0.4) is 0 Å². The molecule has 0 aliphatic rings. The van der Waals surface area contributed by atoms with Crippen LogP contribution in [0.15, 0.2) is 97.1 Å². The van der Waals surface area contributed by atoms with Gasteiger partial charge in [0.2, 0.25) is 5.95 Å². The Kier molecular flexibility index (Phi) is 4.54. The third kappa shape index (κ3) is 3.56. The van der Waals surface area contributed by atoms with Gasteiger partial charge in [0, 0.05) is 22.2 Å². The Hall–Kier alpha value is -4.25. The second-order valence-electron chi connectivity index (χ2n) is 6.87. The first kappa shape index (κ1) is 17.8. The molecule has 0 spiro atoms. The van der Waals surface area contributed by atoms with Gasteiger partial charge in [0.25, 0.3) is 0 Å². The molecule has 1 heterocycles. The van der Waals surface area contributed by atoms with E-state index in [-0.39, 0.29) is 5.75 Å². The quantitative estimate of drug-likeness (QED) is 0.405. The molecule has 0 saturated heterocycles. The molecule has 5 heteroatoms. The van der Waals surface area contributed by atoms with Gasteiger partial charge in [0.1, 0.15) is 5.75 Å². The Morgan fingerprint density at radius 3 is 1.87 bits per heavy atom. The molecule has 5 rings (SSSR count). The van der Waals surface area contributed by atoms with E-state index in [4.69, 9.17) is 0 Å². The van der Waals surface area contributed by atoms with Gasteiger partial charge in [0.15, 0.2) is 11.6 Å². The summed E-state index contributed by atoms with van der Waals surface area (Å²) in [5.74, 6) is 1.84. The smallest absolute Gasteiger partial charge is 0.231 e. The van der Waals surface area contributed by atoms with Crippen molar-refractivity contribution in [1.82, 2.24) is 15.0 Å². The Morgan fingerprint density at radius 2 is 1.23 bits per heavy atom. The Bertz CT molecular complexity index is 1260. The van der Waals surface area contributed by atoms with E-state index in [1.54, 1.807) is 12.1 Å². The number of anilines is 2. The first-order chi connectivity index (χ1) is 14.8. The molecular formula is C25H18N4O. The van der Waals surface area contributed by atoms with Crippen LogP contribution in [0.2, 0.25) is 0 Å². The molecule has 0 bridgehead atoms. The lowest BCUT2D eigenvalue weighted by Crippen LogP contribution is -2.03. The summed E-state index contributed by atoms with van der Waals surface area (Å²) < 4.78 is 0. The molecule has 0 aliphatic heterocycles. The molecule has 0 unspecified atom stereocenters. The van der Waals surface area contributed by atoms with Gasteiger partial charge in [-0.05, 0) is 23.6 Å². The molecule has 0 amide bonds. The van der Waals surface area contributed by atoms with Crippen molar-refractivity contribution in [3.8, 4) is 28.5 Å². The maximum absolute atomic E-state index is 9.94. The number of aromatic hydroxyl groups is 1. The number of benzene rings is 4. The predicted molar refractivity (Wildman–Crippen MR) is 120 cm³/mol. The number of phenolic OH excluding ortho intramolecular Hbond substituents is 1. The lowest BCUT2D eigenvalue weighted by atomic mass is 10.1. The third-order valence-electron chi connectivity index (χ3n) is 4.81. The van der Waals surface area contributed by atoms with Crippen molar-refractivity contribution in [3.05, 3.63) is 97.1 Å². The summed E-state index contributed by atoms with van der Waals surface area (Å²) in [6, 6.07) is 30.9. The van der Waals surface area contributed by atoms with E-state index < -0.39 is 0 Å². The third-order valence-corrected chi connectivity index (χ3v) is 4.81. The van der Waals surface area contributed by atoms with Crippen molar-refractivity contribution in [3.63, 3.8) is 0 Å². The van der Waals surface area contributed by atoms with Gasteiger partial charge in [-0.25, -0.2) is 4.98 Å². The zero-order valence-corrected chi connectivity index (χ0v) is 16.0. The topological polar surface area (TPSA) is 70.9 Å². The molecule has 5 nitrogen and oxygen atoms in total. The standard InChI is InChI=1S/C25H18N4O/c30-20-15-14-17-12-7-13-22(21(17)16-20)26-25-28-23(18-8-3-1-4-9-18)27-24(29-25)19-10-5-2-6-11-19/h1-16,30H,(H,26,27,28,29). The van der Waals surface area contributed by atoms with Crippen molar-refractivity contribution in [1.29, 1.82) is 0 Å². The molecule has 0 fully saturated rings. The summed E-state index contributed by atoms with van der Waals surface area (Å²) in [5, 5.41) is 15.2. The molecule has 0 aliphatic carbocycles. The van der Waals surface area contributed by atoms with Crippen molar-refractivity contribution in [2.24, 2.45) is 0 Å². The monoisotopic (exact) mass is 390 g/mol. The van der Waals surface area contributed by atoms with E-state index in [0.29, 0.717) is 17.6 Å². The van der Waals surface area contributed by atoms with Crippen LogP contribution in [0.25, 0.3) is 33.5 Å². The van der Waals surface area contributed by atoms with Crippen LogP contribution in [0.1, 0.15) is 0 Å². The molecule has 4 aromatic carbocycles. The number of phenols is 1. The van der Waals surface area contributed by atoms with Crippen LogP contribution in [-0.2, 0) is 0 Å². The summed E-state index contributed by atoms with van der Waals surface area (Å²) in [6.07, 6.45) is 0. The predicted octanol–water partition coefficient (Wildman–Crippen LogP) is 5.81. The summed E-state index contributed by atoms with van der Waals surface area (Å²) in [4.78, 5) is 14.0. The van der Waals surface area contributed by atoms with Crippen molar-refractivity contribution in [2.45, 2.75) is 0 Å². The average molecular weight is 390 g/mol. The van der Waals surface area contributed by atoms with Gasteiger partial charge < -0.3 is 10.4 Å². The van der Waals surface area contributed by atoms with Crippen molar-refractivity contribution >= 4 is 22.4 Å². The number of hydrogen-bond donors (Lipinski definition) is 2. The Labute approximate surface area is 173 Å². The van der Waals surface area contributed by atoms with Gasteiger partial charge in [-0.3, -0.25) is 0 Å². The van der Waals surface area contributed by atoms with Crippen molar-refractivity contribution < 1.29 is 5.11 Å². The SMILES string of the molecule is Oc1ccc2cccc(Nc3nc(-c4ccccc4)nc(-c4ccccc4)n3)c2c1. The average Bonchev–Trinajstić information content (AvgIpc) is 2.80. The fraction of sp³-hybridized carbons (Fsp3) is 0. The first-order valence-corrected chi connectivity index (χ1v) is 9.62. The molecule has 5 aromatic rings. The first-order valence-electron chi connectivity index (χ1n) is 9.62. The van der Waals surface area contributed by atoms with Gasteiger partial charge in [-0.15, -0.1) is 0 Å². The minimum Gasteiger partial charge on any atom is -0.508 e. The fourth-order valence-corrected chi connectivity index (χ4v) is 3.35. The molecule has 30 heavy (non-hydrogen) atoms. The molecule has 0 atom stereocenters. The van der Waals surface area contributed by atoms with Gasteiger partial charge >= 0.3 is 0 Å². The molecule has 0 radical (unpaired) electrons. The number of nitrogens with zero attached hydrogens (tertiary/aromatic N) is 3. The lowest BCUT2D eigenvalue weighted by molar-refractivity contribution is 0.476. The van der Waals surface area contributed by atoms with Crippen LogP contribution in [0.5, 0.6) is 5.75 Å². The number of fused-ring (bicyclic) bond motifs is 1. The molecule has 144 valence electrons. The van der Waals surface area contributed by atoms with Crippen LogP contribution in [0, 0.1) is 0 Å². The molecule has 1 aromatic heterocycles. The van der Waals surface area contributed by atoms with Crippen molar-refractivity contribution in [2.75, 3.05) is 5.32 Å². The van der Waals surface area contributed by atoms with E-state index in [9.17, 15) is 5.11 Å². The minimum absolute atomic E-state index is 0.211. The van der Waals surface area contributed by atoms with E-state index in [1.807, 2.05) is 84.9 Å².